The van der Waals surface area contributed by atoms with Crippen molar-refractivity contribution in [2.24, 2.45) is 0 Å². The first-order valence-electron chi connectivity index (χ1n) is 4.73. The van der Waals surface area contributed by atoms with Crippen LogP contribution in [0.5, 0.6) is 0 Å². The van der Waals surface area contributed by atoms with E-state index in [2.05, 4.69) is 11.8 Å². The van der Waals surface area contributed by atoms with E-state index in [0.717, 1.165) is 19.7 Å². The highest BCUT2D eigenvalue weighted by atomic mass is 16.5. The zero-order valence-corrected chi connectivity index (χ0v) is 8.40. The van der Waals surface area contributed by atoms with Gasteiger partial charge in [-0.2, -0.15) is 0 Å². The second kappa shape index (κ2) is 5.54. The second-order valence-corrected chi connectivity index (χ2v) is 3.47. The largest absolute Gasteiger partial charge is 0.394 e. The van der Waals surface area contributed by atoms with Crippen molar-refractivity contribution in [3.05, 3.63) is 0 Å². The highest BCUT2D eigenvalue weighted by Gasteiger charge is 2.24. The van der Waals surface area contributed by atoms with Gasteiger partial charge in [-0.3, -0.25) is 4.90 Å². The molecule has 1 aliphatic rings. The van der Waals surface area contributed by atoms with Gasteiger partial charge in [0.1, 0.15) is 0 Å². The van der Waals surface area contributed by atoms with E-state index in [4.69, 9.17) is 14.6 Å². The third-order valence-corrected chi connectivity index (χ3v) is 2.42. The molecule has 0 aromatic heterocycles. The number of aliphatic hydroxyl groups excluding tert-OH is 1. The third kappa shape index (κ3) is 3.23. The first-order valence-corrected chi connectivity index (χ1v) is 4.73. The zero-order chi connectivity index (χ0) is 9.68. The molecule has 1 fully saturated rings. The number of aliphatic hydroxyl groups is 1. The molecule has 4 heteroatoms. The lowest BCUT2D eigenvalue weighted by Crippen LogP contribution is -2.50. The molecule has 1 rings (SSSR count). The molecule has 0 aromatic carbocycles. The SMILES string of the molecule is COCCN1CC(CO)OCC1C. The Morgan fingerprint density at radius 3 is 3.00 bits per heavy atom. The molecule has 0 amide bonds. The smallest absolute Gasteiger partial charge is 0.0933 e. The summed E-state index contributed by atoms with van der Waals surface area (Å²) < 4.78 is 10.4. The van der Waals surface area contributed by atoms with Gasteiger partial charge in [-0.1, -0.05) is 0 Å². The van der Waals surface area contributed by atoms with Crippen molar-refractivity contribution < 1.29 is 14.6 Å². The van der Waals surface area contributed by atoms with Crippen molar-refractivity contribution in [2.45, 2.75) is 19.1 Å². The minimum atomic E-state index is -0.0203. The average molecular weight is 189 g/mol. The van der Waals surface area contributed by atoms with Gasteiger partial charge in [0.05, 0.1) is 25.9 Å². The number of nitrogens with zero attached hydrogens (tertiary/aromatic N) is 1. The fourth-order valence-electron chi connectivity index (χ4n) is 1.51. The highest BCUT2D eigenvalue weighted by Crippen LogP contribution is 2.10. The molecule has 1 aliphatic heterocycles. The number of rotatable bonds is 4. The lowest BCUT2D eigenvalue weighted by Gasteiger charge is -2.37. The van der Waals surface area contributed by atoms with E-state index in [1.54, 1.807) is 7.11 Å². The maximum Gasteiger partial charge on any atom is 0.0933 e. The van der Waals surface area contributed by atoms with Gasteiger partial charge in [0, 0.05) is 26.2 Å². The number of ether oxygens (including phenoxy) is 2. The van der Waals surface area contributed by atoms with Gasteiger partial charge in [-0.05, 0) is 6.92 Å². The van der Waals surface area contributed by atoms with Crippen LogP contribution in [0.3, 0.4) is 0 Å². The first kappa shape index (κ1) is 10.9. The normalized spacial score (nSPS) is 30.7. The Morgan fingerprint density at radius 1 is 1.62 bits per heavy atom. The van der Waals surface area contributed by atoms with E-state index in [1.165, 1.54) is 0 Å². The van der Waals surface area contributed by atoms with Crippen molar-refractivity contribution in [3.8, 4) is 0 Å². The molecule has 4 nitrogen and oxygen atoms in total. The minimum absolute atomic E-state index is 0.0203. The Bertz CT molecular complexity index is 143. The standard InChI is InChI=1S/C9H19NO3/c1-8-7-13-9(6-11)5-10(8)3-4-12-2/h8-9,11H,3-7H2,1-2H3. The Balaban J connectivity index is 2.31. The summed E-state index contributed by atoms with van der Waals surface area (Å²) in [4.78, 5) is 2.29. The molecule has 0 aromatic rings. The van der Waals surface area contributed by atoms with Crippen LogP contribution in [0, 0.1) is 0 Å². The van der Waals surface area contributed by atoms with E-state index < -0.39 is 0 Å². The minimum Gasteiger partial charge on any atom is -0.394 e. The molecular weight excluding hydrogens is 170 g/mol. The van der Waals surface area contributed by atoms with Crippen molar-refractivity contribution in [3.63, 3.8) is 0 Å². The van der Waals surface area contributed by atoms with Gasteiger partial charge in [0.15, 0.2) is 0 Å². The molecule has 2 unspecified atom stereocenters. The van der Waals surface area contributed by atoms with Gasteiger partial charge < -0.3 is 14.6 Å². The van der Waals surface area contributed by atoms with Crippen molar-refractivity contribution in [1.82, 2.24) is 4.90 Å². The second-order valence-electron chi connectivity index (χ2n) is 3.47. The van der Waals surface area contributed by atoms with E-state index >= 15 is 0 Å². The fourth-order valence-corrected chi connectivity index (χ4v) is 1.51. The Morgan fingerprint density at radius 2 is 2.38 bits per heavy atom. The first-order chi connectivity index (χ1) is 6.27. The van der Waals surface area contributed by atoms with Crippen molar-refractivity contribution >= 4 is 0 Å². The van der Waals surface area contributed by atoms with Crippen LogP contribution in [0.2, 0.25) is 0 Å². The van der Waals surface area contributed by atoms with Gasteiger partial charge in [-0.25, -0.2) is 0 Å². The van der Waals surface area contributed by atoms with Gasteiger partial charge in [0.2, 0.25) is 0 Å². The molecule has 0 spiro atoms. The molecule has 0 bridgehead atoms. The van der Waals surface area contributed by atoms with E-state index in [0.29, 0.717) is 12.6 Å². The summed E-state index contributed by atoms with van der Waals surface area (Å²) in [5.41, 5.74) is 0. The maximum atomic E-state index is 8.94. The third-order valence-electron chi connectivity index (χ3n) is 2.42. The summed E-state index contributed by atoms with van der Waals surface area (Å²) in [7, 11) is 1.70. The van der Waals surface area contributed by atoms with Gasteiger partial charge in [-0.15, -0.1) is 0 Å². The van der Waals surface area contributed by atoms with Crippen molar-refractivity contribution in [2.75, 3.05) is 40.0 Å². The van der Waals surface area contributed by atoms with Crippen LogP contribution >= 0.6 is 0 Å². The van der Waals surface area contributed by atoms with Crippen LogP contribution in [0.15, 0.2) is 0 Å². The van der Waals surface area contributed by atoms with Crippen LogP contribution in [0.1, 0.15) is 6.92 Å². The van der Waals surface area contributed by atoms with E-state index in [-0.39, 0.29) is 12.7 Å². The summed E-state index contributed by atoms with van der Waals surface area (Å²) in [6.07, 6.45) is -0.0203. The quantitative estimate of drug-likeness (QED) is 0.660. The number of hydrogen-bond donors (Lipinski definition) is 1. The number of hydrogen-bond acceptors (Lipinski definition) is 4. The summed E-state index contributed by atoms with van der Waals surface area (Å²) >= 11 is 0. The lowest BCUT2D eigenvalue weighted by molar-refractivity contribution is -0.0816. The molecule has 0 aliphatic carbocycles. The molecular formula is C9H19NO3. The van der Waals surface area contributed by atoms with Crippen molar-refractivity contribution in [1.29, 1.82) is 0 Å². The van der Waals surface area contributed by atoms with Crippen LogP contribution in [0.25, 0.3) is 0 Å². The van der Waals surface area contributed by atoms with Crippen LogP contribution in [-0.4, -0.2) is 62.2 Å². The number of morpholine rings is 1. The summed E-state index contributed by atoms with van der Waals surface area (Å²) in [5, 5.41) is 8.94. The topological polar surface area (TPSA) is 41.9 Å². The molecule has 1 saturated heterocycles. The summed E-state index contributed by atoms with van der Waals surface area (Å²) in [6.45, 7) is 5.40. The molecule has 13 heavy (non-hydrogen) atoms. The van der Waals surface area contributed by atoms with Crippen LogP contribution in [0.4, 0.5) is 0 Å². The summed E-state index contributed by atoms with van der Waals surface area (Å²) in [5.74, 6) is 0. The van der Waals surface area contributed by atoms with E-state index in [9.17, 15) is 0 Å². The molecule has 1 N–H and O–H groups in total. The van der Waals surface area contributed by atoms with Crippen LogP contribution < -0.4 is 0 Å². The Hall–Kier alpha value is -0.160. The van der Waals surface area contributed by atoms with Gasteiger partial charge >= 0.3 is 0 Å². The molecule has 2 atom stereocenters. The number of methoxy groups -OCH3 is 1. The lowest BCUT2D eigenvalue weighted by atomic mass is 10.2. The monoisotopic (exact) mass is 189 g/mol. The van der Waals surface area contributed by atoms with Gasteiger partial charge in [0.25, 0.3) is 0 Å². The predicted octanol–water partition coefficient (Wildman–Crippen LogP) is -0.286. The summed E-state index contributed by atoms with van der Waals surface area (Å²) in [6, 6.07) is 0.429. The predicted molar refractivity (Wildman–Crippen MR) is 49.7 cm³/mol. The maximum absolute atomic E-state index is 8.94. The molecule has 78 valence electrons. The average Bonchev–Trinajstić information content (AvgIpc) is 2.17. The van der Waals surface area contributed by atoms with Crippen LogP contribution in [-0.2, 0) is 9.47 Å². The highest BCUT2D eigenvalue weighted by molar-refractivity contribution is 4.76. The zero-order valence-electron chi connectivity index (χ0n) is 8.40. The fraction of sp³-hybridized carbons (Fsp3) is 1.00. The Kier molecular flexibility index (Phi) is 4.66. The molecule has 1 heterocycles. The molecule has 0 radical (unpaired) electrons. The molecule has 0 saturated carbocycles. The Labute approximate surface area is 79.4 Å². The van der Waals surface area contributed by atoms with E-state index in [1.807, 2.05) is 0 Å².